The first-order valence-electron chi connectivity index (χ1n) is 9.96. The van der Waals surface area contributed by atoms with Gasteiger partial charge in [0.2, 0.25) is 5.91 Å². The van der Waals surface area contributed by atoms with Crippen LogP contribution in [-0.4, -0.2) is 39.8 Å². The number of methoxy groups -OCH3 is 2. The van der Waals surface area contributed by atoms with Crippen LogP contribution in [0.1, 0.15) is 24.1 Å². The number of hydrazine groups is 1. The summed E-state index contributed by atoms with van der Waals surface area (Å²) in [6.07, 6.45) is 0.694. The molecule has 1 saturated heterocycles. The average Bonchev–Trinajstić information content (AvgIpc) is 3.25. The smallest absolute Gasteiger partial charge is 0.226 e. The molecule has 162 valence electrons. The Morgan fingerprint density at radius 2 is 1.90 bits per heavy atom. The summed E-state index contributed by atoms with van der Waals surface area (Å²) in [5.41, 5.74) is 8.26. The first-order chi connectivity index (χ1) is 14.6. The predicted molar refractivity (Wildman–Crippen MR) is 116 cm³/mol. The van der Waals surface area contributed by atoms with Crippen LogP contribution in [0.25, 0.3) is 0 Å². The normalized spacial score (nSPS) is 18.1. The van der Waals surface area contributed by atoms with Crippen molar-refractivity contribution in [3.63, 3.8) is 0 Å². The van der Waals surface area contributed by atoms with Crippen LogP contribution >= 0.6 is 11.6 Å². The maximum Gasteiger partial charge on any atom is 0.226 e. The zero-order valence-corrected chi connectivity index (χ0v) is 18.2. The van der Waals surface area contributed by atoms with E-state index >= 15 is 0 Å². The van der Waals surface area contributed by atoms with E-state index in [-0.39, 0.29) is 17.9 Å². The van der Waals surface area contributed by atoms with E-state index in [0.29, 0.717) is 48.4 Å². The molecule has 2 aromatic rings. The van der Waals surface area contributed by atoms with Crippen molar-refractivity contribution in [1.82, 2.24) is 16.2 Å². The third kappa shape index (κ3) is 5.16. The van der Waals surface area contributed by atoms with Crippen molar-refractivity contribution >= 4 is 17.5 Å². The lowest BCUT2D eigenvalue weighted by Gasteiger charge is -2.19. The van der Waals surface area contributed by atoms with Gasteiger partial charge in [0.1, 0.15) is 5.75 Å². The molecule has 3 rings (SSSR count). The maximum absolute atomic E-state index is 12.8. The van der Waals surface area contributed by atoms with E-state index in [1.807, 2.05) is 43.3 Å². The lowest BCUT2D eigenvalue weighted by atomic mass is 9.94. The summed E-state index contributed by atoms with van der Waals surface area (Å²) in [5.74, 6) is 1.75. The molecule has 0 radical (unpaired) electrons. The minimum absolute atomic E-state index is 0.0111. The summed E-state index contributed by atoms with van der Waals surface area (Å²) in [6.45, 7) is 3.53. The second-order valence-electron chi connectivity index (χ2n) is 6.96. The van der Waals surface area contributed by atoms with Gasteiger partial charge in [0.05, 0.1) is 37.8 Å². The summed E-state index contributed by atoms with van der Waals surface area (Å²) in [6, 6.07) is 11.2. The van der Waals surface area contributed by atoms with E-state index in [2.05, 4.69) is 16.2 Å². The van der Waals surface area contributed by atoms with E-state index in [0.717, 1.165) is 11.1 Å². The highest BCUT2D eigenvalue weighted by Crippen LogP contribution is 2.32. The van der Waals surface area contributed by atoms with Gasteiger partial charge in [-0.3, -0.25) is 10.2 Å². The third-order valence-corrected chi connectivity index (χ3v) is 5.39. The molecule has 8 heteroatoms. The van der Waals surface area contributed by atoms with Crippen molar-refractivity contribution in [3.8, 4) is 17.2 Å². The highest BCUT2D eigenvalue weighted by Gasteiger charge is 2.34. The molecular weight excluding hydrogens is 406 g/mol. The fourth-order valence-electron chi connectivity index (χ4n) is 3.54. The van der Waals surface area contributed by atoms with E-state index < -0.39 is 0 Å². The summed E-state index contributed by atoms with van der Waals surface area (Å²) in [5, 5.41) is 3.57. The van der Waals surface area contributed by atoms with Crippen molar-refractivity contribution in [3.05, 3.63) is 52.5 Å². The number of carbonyl (C=O) groups excluding carboxylic acids is 1. The molecule has 1 amide bonds. The van der Waals surface area contributed by atoms with Crippen molar-refractivity contribution in [2.24, 2.45) is 5.92 Å². The number of ether oxygens (including phenoxy) is 3. The molecule has 2 atom stereocenters. The van der Waals surface area contributed by atoms with Gasteiger partial charge in [0.25, 0.3) is 0 Å². The SMILES string of the molecule is CCOc1ccc(C2NNCC2C(=O)NCCc2ccc(OC)c(OC)c2)cc1Cl. The Balaban J connectivity index is 1.59. The second kappa shape index (κ2) is 10.5. The Labute approximate surface area is 182 Å². The molecule has 2 aromatic carbocycles. The molecule has 30 heavy (non-hydrogen) atoms. The van der Waals surface area contributed by atoms with Crippen molar-refractivity contribution < 1.29 is 19.0 Å². The molecule has 1 fully saturated rings. The quantitative estimate of drug-likeness (QED) is 0.564. The fourth-order valence-corrected chi connectivity index (χ4v) is 3.78. The molecular formula is C22H28ClN3O4. The number of rotatable bonds is 9. The Morgan fingerprint density at radius 1 is 1.13 bits per heavy atom. The van der Waals surface area contributed by atoms with Crippen LogP contribution in [0, 0.1) is 5.92 Å². The fraction of sp³-hybridized carbons (Fsp3) is 0.409. The van der Waals surface area contributed by atoms with Crippen LogP contribution < -0.4 is 30.4 Å². The van der Waals surface area contributed by atoms with Gasteiger partial charge in [0, 0.05) is 13.1 Å². The van der Waals surface area contributed by atoms with Crippen molar-refractivity contribution in [2.75, 3.05) is 33.9 Å². The van der Waals surface area contributed by atoms with Crippen LogP contribution in [0.3, 0.4) is 0 Å². The zero-order valence-electron chi connectivity index (χ0n) is 17.5. The Hall–Kier alpha value is -2.48. The Morgan fingerprint density at radius 3 is 2.60 bits per heavy atom. The van der Waals surface area contributed by atoms with E-state index in [4.69, 9.17) is 25.8 Å². The predicted octanol–water partition coefficient (Wildman–Crippen LogP) is 2.88. The first-order valence-corrected chi connectivity index (χ1v) is 10.3. The summed E-state index contributed by atoms with van der Waals surface area (Å²) in [4.78, 5) is 12.8. The van der Waals surface area contributed by atoms with Crippen molar-refractivity contribution in [1.29, 1.82) is 0 Å². The van der Waals surface area contributed by atoms with Crippen LogP contribution in [-0.2, 0) is 11.2 Å². The molecule has 0 aliphatic carbocycles. The molecule has 2 unspecified atom stereocenters. The maximum atomic E-state index is 12.8. The number of nitrogens with one attached hydrogen (secondary N) is 3. The molecule has 0 bridgehead atoms. The molecule has 7 nitrogen and oxygen atoms in total. The Kier molecular flexibility index (Phi) is 7.79. The van der Waals surface area contributed by atoms with Gasteiger partial charge in [0.15, 0.2) is 11.5 Å². The van der Waals surface area contributed by atoms with Gasteiger partial charge in [-0.2, -0.15) is 0 Å². The van der Waals surface area contributed by atoms with Gasteiger partial charge in [-0.15, -0.1) is 0 Å². The number of carbonyl (C=O) groups is 1. The van der Waals surface area contributed by atoms with E-state index in [1.54, 1.807) is 14.2 Å². The van der Waals surface area contributed by atoms with Gasteiger partial charge in [-0.25, -0.2) is 5.43 Å². The third-order valence-electron chi connectivity index (χ3n) is 5.09. The first kappa shape index (κ1) is 22.2. The van der Waals surface area contributed by atoms with Crippen LogP contribution in [0.2, 0.25) is 5.02 Å². The standard InChI is InChI=1S/C22H28ClN3O4/c1-4-30-18-8-6-15(12-17(18)23)21-16(13-25-26-21)22(27)24-10-9-14-5-7-19(28-2)20(11-14)29-3/h5-8,11-12,16,21,25-26H,4,9-10,13H2,1-3H3,(H,24,27). The summed E-state index contributed by atoms with van der Waals surface area (Å²) in [7, 11) is 3.21. The number of benzene rings is 2. The van der Waals surface area contributed by atoms with E-state index in [1.165, 1.54) is 0 Å². The van der Waals surface area contributed by atoms with Crippen LogP contribution in [0.5, 0.6) is 17.2 Å². The minimum atomic E-state index is -0.246. The molecule has 1 heterocycles. The molecule has 1 aliphatic rings. The topological polar surface area (TPSA) is 80.9 Å². The highest BCUT2D eigenvalue weighted by molar-refractivity contribution is 6.32. The lowest BCUT2D eigenvalue weighted by molar-refractivity contribution is -0.124. The summed E-state index contributed by atoms with van der Waals surface area (Å²) < 4.78 is 16.1. The van der Waals surface area contributed by atoms with Gasteiger partial charge >= 0.3 is 0 Å². The number of amides is 1. The Bertz CT molecular complexity index is 877. The van der Waals surface area contributed by atoms with E-state index in [9.17, 15) is 4.79 Å². The molecule has 3 N–H and O–H groups in total. The van der Waals surface area contributed by atoms with Crippen LogP contribution in [0.15, 0.2) is 36.4 Å². The number of hydrogen-bond donors (Lipinski definition) is 3. The number of halogens is 1. The van der Waals surface area contributed by atoms with Gasteiger partial charge in [-0.1, -0.05) is 23.7 Å². The van der Waals surface area contributed by atoms with Gasteiger partial charge in [-0.05, 0) is 48.7 Å². The zero-order chi connectivity index (χ0) is 21.5. The lowest BCUT2D eigenvalue weighted by Crippen LogP contribution is -2.36. The molecule has 0 aromatic heterocycles. The van der Waals surface area contributed by atoms with Crippen molar-refractivity contribution in [2.45, 2.75) is 19.4 Å². The summed E-state index contributed by atoms with van der Waals surface area (Å²) >= 11 is 6.32. The number of hydrogen-bond acceptors (Lipinski definition) is 6. The van der Waals surface area contributed by atoms with Gasteiger partial charge < -0.3 is 19.5 Å². The second-order valence-corrected chi connectivity index (χ2v) is 7.37. The highest BCUT2D eigenvalue weighted by atomic mass is 35.5. The largest absolute Gasteiger partial charge is 0.493 e. The average molecular weight is 434 g/mol. The van der Waals surface area contributed by atoms with Crippen LogP contribution in [0.4, 0.5) is 0 Å². The monoisotopic (exact) mass is 433 g/mol. The molecule has 1 aliphatic heterocycles. The molecule has 0 saturated carbocycles. The molecule has 0 spiro atoms. The minimum Gasteiger partial charge on any atom is -0.493 e.